The lowest BCUT2D eigenvalue weighted by Crippen LogP contribution is -2.28. The zero-order valence-corrected chi connectivity index (χ0v) is 16.6. The van der Waals surface area contributed by atoms with E-state index in [4.69, 9.17) is 0 Å². The van der Waals surface area contributed by atoms with Crippen LogP contribution in [0, 0.1) is 0 Å². The van der Waals surface area contributed by atoms with Gasteiger partial charge in [0.1, 0.15) is 5.75 Å². The number of carbonyl (C=O) groups excluding carboxylic acids is 2. The summed E-state index contributed by atoms with van der Waals surface area (Å²) in [5, 5.41) is 17.5. The van der Waals surface area contributed by atoms with Crippen LogP contribution in [-0.2, 0) is 19.3 Å². The van der Waals surface area contributed by atoms with Gasteiger partial charge in [0.2, 0.25) is 0 Å². The molecule has 10 heteroatoms. The summed E-state index contributed by atoms with van der Waals surface area (Å²) in [7, 11) is 0. The van der Waals surface area contributed by atoms with Gasteiger partial charge in [-0.25, -0.2) is 4.79 Å². The first-order valence-electron chi connectivity index (χ1n) is 9.44. The number of halogens is 3. The maximum Gasteiger partial charge on any atom is 0.418 e. The SMILES string of the molecule is O=C(NCc1ccccc1)Nc1ccc(O)c(C(=O)NCc2ccncc2C(F)(F)F)c1. The van der Waals surface area contributed by atoms with E-state index < -0.39 is 30.2 Å². The Morgan fingerprint density at radius 2 is 1.72 bits per heavy atom. The molecule has 2 aromatic carbocycles. The molecule has 0 saturated heterocycles. The van der Waals surface area contributed by atoms with Gasteiger partial charge < -0.3 is 21.1 Å². The number of benzene rings is 2. The number of anilines is 1. The number of nitrogens with zero attached hydrogens (tertiary/aromatic N) is 1. The molecular formula is C22H19F3N4O3. The van der Waals surface area contributed by atoms with Crippen LogP contribution in [0.25, 0.3) is 0 Å². The average Bonchev–Trinajstić information content (AvgIpc) is 2.77. The number of carbonyl (C=O) groups is 2. The van der Waals surface area contributed by atoms with Gasteiger partial charge in [0.15, 0.2) is 0 Å². The van der Waals surface area contributed by atoms with Crippen LogP contribution in [0.15, 0.2) is 67.0 Å². The minimum Gasteiger partial charge on any atom is -0.507 e. The van der Waals surface area contributed by atoms with E-state index >= 15 is 0 Å². The van der Waals surface area contributed by atoms with Crippen LogP contribution in [0.5, 0.6) is 5.75 Å². The molecule has 3 rings (SSSR count). The summed E-state index contributed by atoms with van der Waals surface area (Å²) in [5.74, 6) is -1.19. The van der Waals surface area contributed by atoms with Gasteiger partial charge in [0.25, 0.3) is 5.91 Å². The highest BCUT2D eigenvalue weighted by Gasteiger charge is 2.33. The van der Waals surface area contributed by atoms with Gasteiger partial charge in [-0.15, -0.1) is 0 Å². The third kappa shape index (κ3) is 5.97. The first-order valence-corrected chi connectivity index (χ1v) is 9.44. The van der Waals surface area contributed by atoms with Crippen LogP contribution in [0.1, 0.15) is 27.0 Å². The fraction of sp³-hybridized carbons (Fsp3) is 0.136. The van der Waals surface area contributed by atoms with Crippen molar-refractivity contribution in [3.05, 3.63) is 89.2 Å². The van der Waals surface area contributed by atoms with Crippen molar-refractivity contribution in [3.63, 3.8) is 0 Å². The number of rotatable bonds is 6. The molecule has 0 saturated carbocycles. The fourth-order valence-electron chi connectivity index (χ4n) is 2.85. The Morgan fingerprint density at radius 1 is 0.969 bits per heavy atom. The Morgan fingerprint density at radius 3 is 2.44 bits per heavy atom. The van der Waals surface area contributed by atoms with Crippen molar-refractivity contribution in [1.29, 1.82) is 0 Å². The van der Waals surface area contributed by atoms with E-state index in [1.54, 1.807) is 0 Å². The maximum absolute atomic E-state index is 13.1. The highest BCUT2D eigenvalue weighted by Crippen LogP contribution is 2.31. The second-order valence-electron chi connectivity index (χ2n) is 6.74. The van der Waals surface area contributed by atoms with Crippen molar-refractivity contribution in [3.8, 4) is 5.75 Å². The van der Waals surface area contributed by atoms with E-state index in [1.165, 1.54) is 24.4 Å². The van der Waals surface area contributed by atoms with Crippen molar-refractivity contribution in [2.75, 3.05) is 5.32 Å². The predicted octanol–water partition coefficient (Wildman–Crippen LogP) is 4.06. The van der Waals surface area contributed by atoms with Crippen LogP contribution in [0.2, 0.25) is 0 Å². The highest BCUT2D eigenvalue weighted by atomic mass is 19.4. The maximum atomic E-state index is 13.1. The molecule has 7 nitrogen and oxygen atoms in total. The number of phenols is 1. The van der Waals surface area contributed by atoms with Crippen LogP contribution < -0.4 is 16.0 Å². The Hall–Kier alpha value is -4.08. The van der Waals surface area contributed by atoms with Gasteiger partial charge in [-0.2, -0.15) is 13.2 Å². The summed E-state index contributed by atoms with van der Waals surface area (Å²) in [6, 6.07) is 13.7. The lowest BCUT2D eigenvalue weighted by Gasteiger charge is -2.14. The number of hydrogen-bond acceptors (Lipinski definition) is 4. The molecular weight excluding hydrogens is 425 g/mol. The number of aromatic hydroxyl groups is 1. The molecule has 0 radical (unpaired) electrons. The topological polar surface area (TPSA) is 103 Å². The van der Waals surface area contributed by atoms with Crippen LogP contribution >= 0.6 is 0 Å². The molecule has 0 atom stereocenters. The zero-order valence-electron chi connectivity index (χ0n) is 16.6. The van der Waals surface area contributed by atoms with Gasteiger partial charge in [0, 0.05) is 31.2 Å². The summed E-state index contributed by atoms with van der Waals surface area (Å²) in [4.78, 5) is 28.0. The smallest absolute Gasteiger partial charge is 0.418 e. The van der Waals surface area contributed by atoms with E-state index in [1.807, 2.05) is 30.3 Å². The number of urea groups is 1. The van der Waals surface area contributed by atoms with Crippen molar-refractivity contribution in [1.82, 2.24) is 15.6 Å². The monoisotopic (exact) mass is 444 g/mol. The Labute approximate surface area is 181 Å². The largest absolute Gasteiger partial charge is 0.507 e. The molecule has 1 heterocycles. The summed E-state index contributed by atoms with van der Waals surface area (Å²) < 4.78 is 39.2. The number of amides is 3. The number of alkyl halides is 3. The molecule has 3 aromatic rings. The second-order valence-corrected chi connectivity index (χ2v) is 6.74. The normalized spacial score (nSPS) is 11.0. The lowest BCUT2D eigenvalue weighted by molar-refractivity contribution is -0.138. The minimum absolute atomic E-state index is 0.171. The molecule has 0 fully saturated rings. The van der Waals surface area contributed by atoms with Gasteiger partial charge >= 0.3 is 12.2 Å². The number of pyridine rings is 1. The van der Waals surface area contributed by atoms with Crippen molar-refractivity contribution in [2.24, 2.45) is 0 Å². The van der Waals surface area contributed by atoms with E-state index in [9.17, 15) is 27.9 Å². The molecule has 1 aromatic heterocycles. The minimum atomic E-state index is -4.62. The number of hydrogen-bond donors (Lipinski definition) is 4. The molecule has 0 aliphatic rings. The first-order chi connectivity index (χ1) is 15.2. The molecule has 0 spiro atoms. The summed E-state index contributed by atoms with van der Waals surface area (Å²) in [6.45, 7) is -0.142. The summed E-state index contributed by atoms with van der Waals surface area (Å²) in [5.41, 5.74) is -0.223. The van der Waals surface area contributed by atoms with Crippen molar-refractivity contribution >= 4 is 17.6 Å². The standard InChI is InChI=1S/C22H19F3N4O3/c23-22(24,25)18-13-26-9-8-15(18)12-27-20(31)17-10-16(6-7-19(17)30)29-21(32)28-11-14-4-2-1-3-5-14/h1-10,13,30H,11-12H2,(H,27,31)(H2,28,29,32). The Balaban J connectivity index is 1.64. The quantitative estimate of drug-likeness (QED) is 0.431. The van der Waals surface area contributed by atoms with Crippen LogP contribution in [0.4, 0.5) is 23.7 Å². The molecule has 0 bridgehead atoms. The zero-order chi connectivity index (χ0) is 23.1. The third-order valence-corrected chi connectivity index (χ3v) is 4.45. The molecule has 0 aliphatic carbocycles. The van der Waals surface area contributed by atoms with Crippen LogP contribution in [0.3, 0.4) is 0 Å². The van der Waals surface area contributed by atoms with E-state index in [2.05, 4.69) is 20.9 Å². The first kappa shape index (κ1) is 22.6. The van der Waals surface area contributed by atoms with E-state index in [0.29, 0.717) is 6.20 Å². The molecule has 3 amide bonds. The van der Waals surface area contributed by atoms with Crippen molar-refractivity contribution < 1.29 is 27.9 Å². The Bertz CT molecular complexity index is 1110. The predicted molar refractivity (Wildman–Crippen MR) is 111 cm³/mol. The Kier molecular flexibility index (Phi) is 6.93. The van der Waals surface area contributed by atoms with E-state index in [-0.39, 0.29) is 29.1 Å². The highest BCUT2D eigenvalue weighted by molar-refractivity contribution is 5.99. The molecule has 0 aliphatic heterocycles. The third-order valence-electron chi connectivity index (χ3n) is 4.45. The van der Waals surface area contributed by atoms with Gasteiger partial charge in [0.05, 0.1) is 11.1 Å². The summed E-state index contributed by atoms with van der Waals surface area (Å²) in [6.07, 6.45) is -2.75. The van der Waals surface area contributed by atoms with Gasteiger partial charge in [-0.05, 0) is 35.4 Å². The van der Waals surface area contributed by atoms with Gasteiger partial charge in [-0.3, -0.25) is 9.78 Å². The number of nitrogens with one attached hydrogen (secondary N) is 3. The molecule has 166 valence electrons. The molecule has 32 heavy (non-hydrogen) atoms. The molecule has 4 N–H and O–H groups in total. The van der Waals surface area contributed by atoms with E-state index in [0.717, 1.165) is 11.6 Å². The lowest BCUT2D eigenvalue weighted by atomic mass is 10.1. The number of phenolic OH excluding ortho intramolecular Hbond substituents is 1. The summed E-state index contributed by atoms with van der Waals surface area (Å²) >= 11 is 0. The second kappa shape index (κ2) is 9.82. The van der Waals surface area contributed by atoms with Crippen molar-refractivity contribution in [2.45, 2.75) is 19.3 Å². The van der Waals surface area contributed by atoms with Gasteiger partial charge in [-0.1, -0.05) is 30.3 Å². The average molecular weight is 444 g/mol. The van der Waals surface area contributed by atoms with Crippen LogP contribution in [-0.4, -0.2) is 22.0 Å². The molecule has 0 unspecified atom stereocenters. The number of aromatic nitrogens is 1. The fourth-order valence-corrected chi connectivity index (χ4v) is 2.85.